The highest BCUT2D eigenvalue weighted by Gasteiger charge is 2.24. The van der Waals surface area contributed by atoms with E-state index in [4.69, 9.17) is 5.73 Å². The maximum Gasteiger partial charge on any atom is 0.223 e. The van der Waals surface area contributed by atoms with Crippen LogP contribution in [0.1, 0.15) is 36.8 Å². The highest BCUT2D eigenvalue weighted by molar-refractivity contribution is 5.77. The van der Waals surface area contributed by atoms with Crippen molar-refractivity contribution >= 4 is 5.91 Å². The minimum absolute atomic E-state index is 0.260. The quantitative estimate of drug-likeness (QED) is 0.902. The Morgan fingerprint density at radius 3 is 2.74 bits per heavy atom. The van der Waals surface area contributed by atoms with Crippen molar-refractivity contribution in [3.63, 3.8) is 0 Å². The molecule has 0 aliphatic carbocycles. The van der Waals surface area contributed by atoms with Crippen LogP contribution >= 0.6 is 0 Å². The Labute approximate surface area is 115 Å². The number of piperidine rings is 1. The van der Waals surface area contributed by atoms with Gasteiger partial charge in [-0.1, -0.05) is 29.8 Å². The predicted octanol–water partition coefficient (Wildman–Crippen LogP) is 2.27. The van der Waals surface area contributed by atoms with Crippen LogP contribution in [0.3, 0.4) is 0 Å². The Morgan fingerprint density at radius 1 is 1.32 bits per heavy atom. The van der Waals surface area contributed by atoms with Crippen LogP contribution in [0.5, 0.6) is 0 Å². The molecule has 1 aliphatic heterocycles. The summed E-state index contributed by atoms with van der Waals surface area (Å²) in [5, 5.41) is 0. The monoisotopic (exact) mass is 260 g/mol. The molecule has 3 nitrogen and oxygen atoms in total. The van der Waals surface area contributed by atoms with Gasteiger partial charge in [0, 0.05) is 25.6 Å². The van der Waals surface area contributed by atoms with Gasteiger partial charge in [0.25, 0.3) is 0 Å². The van der Waals surface area contributed by atoms with Gasteiger partial charge in [0.2, 0.25) is 5.91 Å². The van der Waals surface area contributed by atoms with Crippen molar-refractivity contribution in [1.82, 2.24) is 4.90 Å². The fraction of sp³-hybridized carbons (Fsp3) is 0.562. The molecule has 1 aromatic rings. The molecule has 1 saturated heterocycles. The van der Waals surface area contributed by atoms with E-state index in [0.717, 1.165) is 25.8 Å². The Morgan fingerprint density at radius 2 is 2.05 bits per heavy atom. The molecule has 1 unspecified atom stereocenters. The van der Waals surface area contributed by atoms with Crippen LogP contribution in [-0.4, -0.2) is 29.9 Å². The molecule has 0 radical (unpaired) electrons. The molecule has 1 aliphatic rings. The second-order valence-electron chi connectivity index (χ2n) is 5.46. The van der Waals surface area contributed by atoms with E-state index in [1.165, 1.54) is 17.5 Å². The van der Waals surface area contributed by atoms with E-state index < -0.39 is 0 Å². The van der Waals surface area contributed by atoms with Crippen LogP contribution in [-0.2, 0) is 11.2 Å². The topological polar surface area (TPSA) is 46.3 Å². The third-order valence-corrected chi connectivity index (χ3v) is 3.97. The molecular weight excluding hydrogens is 236 g/mol. The zero-order chi connectivity index (χ0) is 13.7. The van der Waals surface area contributed by atoms with Crippen molar-refractivity contribution < 1.29 is 4.79 Å². The van der Waals surface area contributed by atoms with Crippen LogP contribution in [0.4, 0.5) is 0 Å². The first-order chi connectivity index (χ1) is 9.20. The second-order valence-corrected chi connectivity index (χ2v) is 5.46. The standard InChI is InChI=1S/C16H24N2O/c1-13-5-7-14(8-6-13)9-10-16(19)18-11-3-2-4-15(18)12-17/h5-8,15H,2-4,9-12,17H2,1H3. The molecule has 0 aromatic heterocycles. The molecule has 0 spiro atoms. The van der Waals surface area contributed by atoms with E-state index in [-0.39, 0.29) is 11.9 Å². The van der Waals surface area contributed by atoms with Gasteiger partial charge < -0.3 is 10.6 Å². The van der Waals surface area contributed by atoms with Crippen LogP contribution in [0.15, 0.2) is 24.3 Å². The van der Waals surface area contributed by atoms with Gasteiger partial charge >= 0.3 is 0 Å². The van der Waals surface area contributed by atoms with Gasteiger partial charge in [0.15, 0.2) is 0 Å². The fourth-order valence-electron chi connectivity index (χ4n) is 2.72. The zero-order valence-corrected chi connectivity index (χ0v) is 11.8. The maximum atomic E-state index is 12.3. The van der Waals surface area contributed by atoms with E-state index in [1.807, 2.05) is 4.90 Å². The van der Waals surface area contributed by atoms with E-state index in [9.17, 15) is 4.79 Å². The predicted molar refractivity (Wildman–Crippen MR) is 77.9 cm³/mol. The first-order valence-electron chi connectivity index (χ1n) is 7.26. The summed E-state index contributed by atoms with van der Waals surface area (Å²) in [6, 6.07) is 8.69. The SMILES string of the molecule is Cc1ccc(CCC(=O)N2CCCCC2CN)cc1. The Bertz CT molecular complexity index is 413. The van der Waals surface area contributed by atoms with Gasteiger partial charge in [-0.25, -0.2) is 0 Å². The molecule has 104 valence electrons. The van der Waals surface area contributed by atoms with Crippen LogP contribution in [0, 0.1) is 6.92 Å². The fourth-order valence-corrected chi connectivity index (χ4v) is 2.72. The van der Waals surface area contributed by atoms with Gasteiger partial charge in [-0.3, -0.25) is 4.79 Å². The summed E-state index contributed by atoms with van der Waals surface area (Å²) in [5.74, 6) is 0.260. The number of nitrogens with two attached hydrogens (primary N) is 1. The number of hydrogen-bond acceptors (Lipinski definition) is 2. The highest BCUT2D eigenvalue weighted by Crippen LogP contribution is 2.18. The Kier molecular flexibility index (Phi) is 4.97. The van der Waals surface area contributed by atoms with Gasteiger partial charge in [0.05, 0.1) is 0 Å². The van der Waals surface area contributed by atoms with Crippen LogP contribution < -0.4 is 5.73 Å². The molecule has 2 rings (SSSR count). The summed E-state index contributed by atoms with van der Waals surface area (Å²) in [4.78, 5) is 14.3. The normalized spacial score (nSPS) is 19.5. The summed E-state index contributed by atoms with van der Waals surface area (Å²) in [7, 11) is 0. The smallest absolute Gasteiger partial charge is 0.223 e. The third-order valence-electron chi connectivity index (χ3n) is 3.97. The van der Waals surface area contributed by atoms with Crippen molar-refractivity contribution in [3.05, 3.63) is 35.4 Å². The van der Waals surface area contributed by atoms with E-state index in [2.05, 4.69) is 31.2 Å². The summed E-state index contributed by atoms with van der Waals surface area (Å²) in [5.41, 5.74) is 8.26. The lowest BCUT2D eigenvalue weighted by Gasteiger charge is -2.35. The molecule has 1 fully saturated rings. The van der Waals surface area contributed by atoms with Crippen molar-refractivity contribution in [2.45, 2.75) is 45.1 Å². The summed E-state index contributed by atoms with van der Waals surface area (Å²) < 4.78 is 0. The van der Waals surface area contributed by atoms with Gasteiger partial charge in [-0.2, -0.15) is 0 Å². The molecule has 1 atom stereocenters. The molecule has 0 bridgehead atoms. The van der Waals surface area contributed by atoms with Crippen molar-refractivity contribution in [1.29, 1.82) is 0 Å². The molecular formula is C16H24N2O. The number of aryl methyl sites for hydroxylation is 2. The van der Waals surface area contributed by atoms with Gasteiger partial charge in [0.1, 0.15) is 0 Å². The molecule has 1 heterocycles. The molecule has 2 N–H and O–H groups in total. The number of benzene rings is 1. The average Bonchev–Trinajstić information content (AvgIpc) is 2.46. The molecule has 0 saturated carbocycles. The third kappa shape index (κ3) is 3.80. The Hall–Kier alpha value is -1.35. The summed E-state index contributed by atoms with van der Waals surface area (Å²) in [6.45, 7) is 3.55. The lowest BCUT2D eigenvalue weighted by Crippen LogP contribution is -2.47. The van der Waals surface area contributed by atoms with Crippen molar-refractivity contribution in [2.24, 2.45) is 5.73 Å². The number of carbonyl (C=O) groups excluding carboxylic acids is 1. The van der Waals surface area contributed by atoms with Crippen molar-refractivity contribution in [2.75, 3.05) is 13.1 Å². The van der Waals surface area contributed by atoms with Crippen molar-refractivity contribution in [3.8, 4) is 0 Å². The number of amides is 1. The number of hydrogen-bond donors (Lipinski definition) is 1. The van der Waals surface area contributed by atoms with Crippen LogP contribution in [0.2, 0.25) is 0 Å². The summed E-state index contributed by atoms with van der Waals surface area (Å²) in [6.07, 6.45) is 4.80. The molecule has 1 aromatic carbocycles. The minimum atomic E-state index is 0.260. The first kappa shape index (κ1) is 14.1. The molecule has 1 amide bonds. The first-order valence-corrected chi connectivity index (χ1v) is 7.26. The average molecular weight is 260 g/mol. The number of carbonyl (C=O) groups is 1. The maximum absolute atomic E-state index is 12.3. The van der Waals surface area contributed by atoms with Crippen LogP contribution in [0.25, 0.3) is 0 Å². The van der Waals surface area contributed by atoms with E-state index in [1.54, 1.807) is 0 Å². The minimum Gasteiger partial charge on any atom is -0.338 e. The van der Waals surface area contributed by atoms with Gasteiger partial charge in [-0.15, -0.1) is 0 Å². The highest BCUT2D eigenvalue weighted by atomic mass is 16.2. The zero-order valence-electron chi connectivity index (χ0n) is 11.8. The number of likely N-dealkylation sites (tertiary alicyclic amines) is 1. The lowest BCUT2D eigenvalue weighted by molar-refractivity contribution is -0.134. The molecule has 3 heteroatoms. The Balaban J connectivity index is 1.87. The van der Waals surface area contributed by atoms with E-state index in [0.29, 0.717) is 13.0 Å². The lowest BCUT2D eigenvalue weighted by atomic mass is 10.0. The number of rotatable bonds is 4. The largest absolute Gasteiger partial charge is 0.338 e. The number of nitrogens with zero attached hydrogens (tertiary/aromatic N) is 1. The summed E-state index contributed by atoms with van der Waals surface area (Å²) >= 11 is 0. The van der Waals surface area contributed by atoms with E-state index >= 15 is 0 Å². The molecule has 19 heavy (non-hydrogen) atoms. The van der Waals surface area contributed by atoms with Gasteiger partial charge in [-0.05, 0) is 38.2 Å². The second kappa shape index (κ2) is 6.71.